The number of fused-ring (bicyclic) bond motifs is 1. The van der Waals surface area contributed by atoms with Crippen LogP contribution in [0.2, 0.25) is 0 Å². The van der Waals surface area contributed by atoms with Crippen LogP contribution in [0.15, 0.2) is 63.7 Å². The molecular weight excluding hydrogens is 360 g/mol. The van der Waals surface area contributed by atoms with E-state index in [0.29, 0.717) is 16.9 Å². The fourth-order valence-electron chi connectivity index (χ4n) is 2.27. The molecule has 0 unspecified atom stereocenters. The second kappa shape index (κ2) is 6.66. The van der Waals surface area contributed by atoms with Crippen molar-refractivity contribution in [1.82, 2.24) is 0 Å². The molecule has 3 aromatic rings. The smallest absolute Gasteiger partial charge is 0.422 e. The van der Waals surface area contributed by atoms with Crippen LogP contribution in [0, 0.1) is 0 Å². The number of benzene rings is 2. The van der Waals surface area contributed by atoms with Crippen molar-refractivity contribution in [2.75, 3.05) is 0 Å². The zero-order valence-electron chi connectivity index (χ0n) is 12.1. The number of halogens is 1. The van der Waals surface area contributed by atoms with Crippen molar-refractivity contribution in [2.45, 2.75) is 6.42 Å². The number of furan rings is 1. The number of rotatable bonds is 4. The standard InChI is InChI=1S/C17H13BrN2O3/c18-15-9-8-14(22-15)17(21)23-20-16(19)10-12-6-3-5-11-4-1-2-7-13(11)12/h1-9H,10H2,(H2,19,20)/p+1. The minimum absolute atomic E-state index is 0.0855. The zero-order valence-corrected chi connectivity index (χ0v) is 13.7. The van der Waals surface area contributed by atoms with Crippen molar-refractivity contribution >= 4 is 38.5 Å². The molecule has 0 aliphatic carbocycles. The Labute approximate surface area is 140 Å². The van der Waals surface area contributed by atoms with Crippen molar-refractivity contribution in [3.8, 4) is 0 Å². The molecule has 0 atom stereocenters. The molecule has 0 fully saturated rings. The van der Waals surface area contributed by atoms with E-state index in [9.17, 15) is 4.79 Å². The summed E-state index contributed by atoms with van der Waals surface area (Å²) >= 11 is 3.12. The van der Waals surface area contributed by atoms with Gasteiger partial charge in [0.15, 0.2) is 4.67 Å². The monoisotopic (exact) mass is 373 g/mol. The Hall–Kier alpha value is -2.60. The number of nitrogens with one attached hydrogen (secondary N) is 1. The SMILES string of the molecule is NC(Cc1cccc2ccccc12)=[NH+]OC(=O)c1ccc(Br)o1. The third-order valence-corrected chi connectivity index (χ3v) is 3.74. The lowest BCUT2D eigenvalue weighted by atomic mass is 10.0. The van der Waals surface area contributed by atoms with Gasteiger partial charge in [0, 0.05) is 0 Å². The van der Waals surface area contributed by atoms with Crippen LogP contribution in [0.5, 0.6) is 0 Å². The molecule has 3 rings (SSSR count). The topological polar surface area (TPSA) is 79.4 Å². The van der Waals surface area contributed by atoms with Gasteiger partial charge in [-0.15, -0.1) is 0 Å². The molecule has 5 nitrogen and oxygen atoms in total. The number of carbonyl (C=O) groups excluding carboxylic acids is 1. The molecule has 0 saturated carbocycles. The summed E-state index contributed by atoms with van der Waals surface area (Å²) in [6.45, 7) is 0. The summed E-state index contributed by atoms with van der Waals surface area (Å²) < 4.78 is 5.56. The molecule has 0 aliphatic rings. The van der Waals surface area contributed by atoms with Crippen LogP contribution in [0.4, 0.5) is 0 Å². The van der Waals surface area contributed by atoms with Crippen LogP contribution in [0.3, 0.4) is 0 Å². The maximum atomic E-state index is 11.8. The molecular formula is C17H14BrN2O3+. The quantitative estimate of drug-likeness (QED) is 0.317. The van der Waals surface area contributed by atoms with Crippen molar-refractivity contribution in [2.24, 2.45) is 5.73 Å². The van der Waals surface area contributed by atoms with Crippen LogP contribution < -0.4 is 10.9 Å². The van der Waals surface area contributed by atoms with E-state index in [4.69, 9.17) is 15.0 Å². The van der Waals surface area contributed by atoms with Crippen molar-refractivity contribution in [1.29, 1.82) is 0 Å². The average molecular weight is 374 g/mol. The molecule has 0 radical (unpaired) electrons. The Bertz CT molecular complexity index is 881. The van der Waals surface area contributed by atoms with Gasteiger partial charge in [0.05, 0.1) is 6.42 Å². The fourth-order valence-corrected chi connectivity index (χ4v) is 2.58. The van der Waals surface area contributed by atoms with Gasteiger partial charge >= 0.3 is 5.97 Å². The van der Waals surface area contributed by atoms with E-state index >= 15 is 0 Å². The first-order valence-corrected chi connectivity index (χ1v) is 7.73. The molecule has 0 amide bonds. The summed E-state index contributed by atoms with van der Waals surface area (Å²) in [7, 11) is 0. The first-order chi connectivity index (χ1) is 11.1. The minimum atomic E-state index is -0.642. The first kappa shape index (κ1) is 15.3. The van der Waals surface area contributed by atoms with E-state index in [1.54, 1.807) is 6.07 Å². The molecule has 3 N–H and O–H groups in total. The third-order valence-electron chi connectivity index (χ3n) is 3.31. The van der Waals surface area contributed by atoms with Crippen LogP contribution >= 0.6 is 15.9 Å². The molecule has 0 saturated heterocycles. The molecule has 0 bridgehead atoms. The van der Waals surface area contributed by atoms with Gasteiger partial charge < -0.3 is 4.42 Å². The van der Waals surface area contributed by atoms with Gasteiger partial charge in [-0.3, -0.25) is 10.6 Å². The summed E-state index contributed by atoms with van der Waals surface area (Å²) in [5.41, 5.74) is 6.96. The summed E-state index contributed by atoms with van der Waals surface area (Å²) in [6, 6.07) is 17.2. The van der Waals surface area contributed by atoms with E-state index in [-0.39, 0.29) is 5.76 Å². The summed E-state index contributed by atoms with van der Waals surface area (Å²) in [6.07, 6.45) is 0.441. The molecule has 23 heavy (non-hydrogen) atoms. The normalized spacial score (nSPS) is 11.6. The van der Waals surface area contributed by atoms with Crippen molar-refractivity contribution in [3.05, 3.63) is 70.6 Å². The Morgan fingerprint density at radius 2 is 1.91 bits per heavy atom. The highest BCUT2D eigenvalue weighted by Gasteiger charge is 2.14. The van der Waals surface area contributed by atoms with Crippen LogP contribution in [0.1, 0.15) is 16.1 Å². The third kappa shape index (κ3) is 3.60. The lowest BCUT2D eigenvalue weighted by Crippen LogP contribution is -2.75. The molecule has 0 spiro atoms. The highest BCUT2D eigenvalue weighted by atomic mass is 79.9. The van der Waals surface area contributed by atoms with E-state index in [1.165, 1.54) is 6.07 Å². The Morgan fingerprint density at radius 1 is 1.13 bits per heavy atom. The maximum Gasteiger partial charge on any atom is 0.422 e. The molecule has 1 aromatic heterocycles. The second-order valence-electron chi connectivity index (χ2n) is 4.94. The van der Waals surface area contributed by atoms with Crippen LogP contribution in [-0.2, 0) is 11.3 Å². The highest BCUT2D eigenvalue weighted by Crippen LogP contribution is 2.18. The second-order valence-corrected chi connectivity index (χ2v) is 5.72. The lowest BCUT2D eigenvalue weighted by molar-refractivity contribution is -0.722. The zero-order chi connectivity index (χ0) is 16.2. The summed E-state index contributed by atoms with van der Waals surface area (Å²) in [5, 5.41) is 4.72. The summed E-state index contributed by atoms with van der Waals surface area (Å²) in [4.78, 5) is 16.7. The maximum absolute atomic E-state index is 11.8. The minimum Gasteiger partial charge on any atom is -0.442 e. The summed E-state index contributed by atoms with van der Waals surface area (Å²) in [5.74, 6) is -0.223. The fraction of sp³-hybridized carbons (Fsp3) is 0.0588. The Morgan fingerprint density at radius 3 is 2.70 bits per heavy atom. The number of nitrogens with two attached hydrogens (primary N) is 1. The molecule has 1 heterocycles. The molecule has 0 aliphatic heterocycles. The average Bonchev–Trinajstić information content (AvgIpc) is 2.99. The van der Waals surface area contributed by atoms with Gasteiger partial charge in [0.1, 0.15) is 0 Å². The van der Waals surface area contributed by atoms with Gasteiger partial charge in [0.2, 0.25) is 5.76 Å². The van der Waals surface area contributed by atoms with Gasteiger partial charge in [-0.2, -0.15) is 0 Å². The first-order valence-electron chi connectivity index (χ1n) is 6.94. The Kier molecular flexibility index (Phi) is 4.43. The van der Waals surface area contributed by atoms with Gasteiger partial charge in [-0.1, -0.05) is 47.6 Å². The van der Waals surface area contributed by atoms with E-state index in [0.717, 1.165) is 16.3 Å². The van der Waals surface area contributed by atoms with E-state index in [1.807, 2.05) is 42.5 Å². The lowest BCUT2D eigenvalue weighted by Gasteiger charge is -2.03. The van der Waals surface area contributed by atoms with Gasteiger partial charge in [-0.05, 0) is 44.4 Å². The largest absolute Gasteiger partial charge is 0.442 e. The van der Waals surface area contributed by atoms with Gasteiger partial charge in [-0.25, -0.2) is 4.79 Å². The van der Waals surface area contributed by atoms with Crippen molar-refractivity contribution < 1.29 is 19.2 Å². The van der Waals surface area contributed by atoms with Crippen LogP contribution in [0.25, 0.3) is 10.8 Å². The highest BCUT2D eigenvalue weighted by molar-refractivity contribution is 9.10. The predicted molar refractivity (Wildman–Crippen MR) is 89.6 cm³/mol. The van der Waals surface area contributed by atoms with Crippen molar-refractivity contribution in [3.63, 3.8) is 0 Å². The number of hydrogen-bond acceptors (Lipinski definition) is 3. The molecule has 2 aromatic carbocycles. The molecule has 6 heteroatoms. The number of amidine groups is 1. The van der Waals surface area contributed by atoms with E-state index < -0.39 is 5.97 Å². The predicted octanol–water partition coefficient (Wildman–Crippen LogP) is 1.95. The molecule has 116 valence electrons. The van der Waals surface area contributed by atoms with Crippen LogP contribution in [-0.4, -0.2) is 11.8 Å². The number of hydrogen-bond donors (Lipinski definition) is 2. The number of carbonyl (C=O) groups is 1. The van der Waals surface area contributed by atoms with E-state index in [2.05, 4.69) is 21.1 Å². The Balaban J connectivity index is 1.73. The van der Waals surface area contributed by atoms with Gasteiger partial charge in [0.25, 0.3) is 5.84 Å².